The van der Waals surface area contributed by atoms with Gasteiger partial charge in [0.2, 0.25) is 0 Å². The van der Waals surface area contributed by atoms with E-state index in [9.17, 15) is 0 Å². The lowest BCUT2D eigenvalue weighted by Crippen LogP contribution is -2.45. The molecule has 3 rings (SSSR count). The standard InChI is InChI=1S/C17H25NO/c1-12(2)16-14-7-6-13(19-3)10-15(14)17(11-18-16)8-4-5-9-17/h6-7,10,12,16,18H,4-5,8-9,11H2,1-3H3. The van der Waals surface area contributed by atoms with Gasteiger partial charge in [-0.2, -0.15) is 0 Å². The zero-order chi connectivity index (χ0) is 13.5. The second-order valence-corrected chi connectivity index (χ2v) is 6.54. The van der Waals surface area contributed by atoms with Crippen LogP contribution < -0.4 is 10.1 Å². The first-order valence-electron chi connectivity index (χ1n) is 7.58. The first kappa shape index (κ1) is 13.0. The second kappa shape index (κ2) is 4.82. The lowest BCUT2D eigenvalue weighted by molar-refractivity contribution is 0.297. The summed E-state index contributed by atoms with van der Waals surface area (Å²) >= 11 is 0. The maximum absolute atomic E-state index is 5.46. The van der Waals surface area contributed by atoms with Crippen molar-refractivity contribution in [2.75, 3.05) is 13.7 Å². The highest BCUT2D eigenvalue weighted by Gasteiger charge is 2.42. The Morgan fingerprint density at radius 1 is 1.26 bits per heavy atom. The molecule has 19 heavy (non-hydrogen) atoms. The molecule has 0 aromatic heterocycles. The van der Waals surface area contributed by atoms with Crippen LogP contribution in [0, 0.1) is 5.92 Å². The van der Waals surface area contributed by atoms with Gasteiger partial charge in [0.1, 0.15) is 5.75 Å². The van der Waals surface area contributed by atoms with Crippen LogP contribution >= 0.6 is 0 Å². The third kappa shape index (κ3) is 2.06. The van der Waals surface area contributed by atoms with Crippen LogP contribution in [0.2, 0.25) is 0 Å². The van der Waals surface area contributed by atoms with Gasteiger partial charge in [0, 0.05) is 18.0 Å². The van der Waals surface area contributed by atoms with E-state index >= 15 is 0 Å². The summed E-state index contributed by atoms with van der Waals surface area (Å²) in [5, 5.41) is 3.80. The largest absolute Gasteiger partial charge is 0.497 e. The average molecular weight is 259 g/mol. The number of benzene rings is 1. The van der Waals surface area contributed by atoms with Crippen molar-refractivity contribution >= 4 is 0 Å². The molecule has 0 bridgehead atoms. The van der Waals surface area contributed by atoms with Crippen LogP contribution in [0.3, 0.4) is 0 Å². The van der Waals surface area contributed by atoms with Crippen molar-refractivity contribution in [2.24, 2.45) is 5.92 Å². The second-order valence-electron chi connectivity index (χ2n) is 6.54. The van der Waals surface area contributed by atoms with Crippen LogP contribution in [-0.4, -0.2) is 13.7 Å². The lowest BCUT2D eigenvalue weighted by atomic mass is 9.71. The highest BCUT2D eigenvalue weighted by molar-refractivity contribution is 5.45. The van der Waals surface area contributed by atoms with Gasteiger partial charge in [-0.3, -0.25) is 0 Å². The van der Waals surface area contributed by atoms with E-state index in [-0.39, 0.29) is 0 Å². The van der Waals surface area contributed by atoms with Gasteiger partial charge in [-0.25, -0.2) is 0 Å². The Bertz CT molecular complexity index is 460. The SMILES string of the molecule is COc1ccc2c(c1)C1(CCCC1)CNC2C(C)C. The highest BCUT2D eigenvalue weighted by Crippen LogP contribution is 2.48. The number of hydrogen-bond acceptors (Lipinski definition) is 2. The van der Waals surface area contributed by atoms with Crippen LogP contribution in [0.5, 0.6) is 5.75 Å². The van der Waals surface area contributed by atoms with Gasteiger partial charge < -0.3 is 10.1 Å². The number of fused-ring (bicyclic) bond motifs is 2. The van der Waals surface area contributed by atoms with Gasteiger partial charge in [-0.1, -0.05) is 32.8 Å². The number of nitrogens with one attached hydrogen (secondary N) is 1. The zero-order valence-corrected chi connectivity index (χ0v) is 12.3. The van der Waals surface area contributed by atoms with E-state index in [0.717, 1.165) is 12.3 Å². The van der Waals surface area contributed by atoms with Gasteiger partial charge >= 0.3 is 0 Å². The fraction of sp³-hybridized carbons (Fsp3) is 0.647. The Hall–Kier alpha value is -1.02. The first-order valence-corrected chi connectivity index (χ1v) is 7.58. The summed E-state index contributed by atoms with van der Waals surface area (Å²) in [5.74, 6) is 1.64. The molecule has 1 fully saturated rings. The molecule has 2 heteroatoms. The van der Waals surface area contributed by atoms with Crippen molar-refractivity contribution < 1.29 is 4.74 Å². The van der Waals surface area contributed by atoms with Crippen molar-refractivity contribution in [3.63, 3.8) is 0 Å². The third-order valence-corrected chi connectivity index (χ3v) is 5.05. The lowest BCUT2D eigenvalue weighted by Gasteiger charge is -2.42. The van der Waals surface area contributed by atoms with Crippen molar-refractivity contribution in [2.45, 2.75) is 51.0 Å². The van der Waals surface area contributed by atoms with Gasteiger partial charge in [0.05, 0.1) is 7.11 Å². The Kier molecular flexibility index (Phi) is 3.30. The van der Waals surface area contributed by atoms with E-state index in [1.807, 2.05) is 0 Å². The Labute approximate surface area is 116 Å². The third-order valence-electron chi connectivity index (χ3n) is 5.05. The van der Waals surface area contributed by atoms with Crippen LogP contribution in [0.25, 0.3) is 0 Å². The van der Waals surface area contributed by atoms with Crippen LogP contribution in [-0.2, 0) is 5.41 Å². The van der Waals surface area contributed by atoms with Crippen LogP contribution in [0.15, 0.2) is 18.2 Å². The molecule has 1 aromatic rings. The van der Waals surface area contributed by atoms with Crippen molar-refractivity contribution in [3.8, 4) is 5.75 Å². The van der Waals surface area contributed by atoms with E-state index in [1.54, 1.807) is 12.7 Å². The monoisotopic (exact) mass is 259 g/mol. The molecule has 0 amide bonds. The molecule has 1 aliphatic carbocycles. The van der Waals surface area contributed by atoms with Crippen LogP contribution in [0.1, 0.15) is 56.7 Å². The molecule has 1 spiro atoms. The molecule has 1 N–H and O–H groups in total. The zero-order valence-electron chi connectivity index (χ0n) is 12.3. The summed E-state index contributed by atoms with van der Waals surface area (Å²) in [6.45, 7) is 5.74. The quantitative estimate of drug-likeness (QED) is 0.872. The molecule has 0 radical (unpaired) electrons. The number of ether oxygens (including phenoxy) is 1. The molecule has 0 saturated heterocycles. The fourth-order valence-electron chi connectivity index (χ4n) is 4.00. The minimum atomic E-state index is 0.370. The highest BCUT2D eigenvalue weighted by atomic mass is 16.5. The molecule has 2 aliphatic rings. The smallest absolute Gasteiger partial charge is 0.119 e. The van der Waals surface area contributed by atoms with Crippen molar-refractivity contribution in [1.82, 2.24) is 5.32 Å². The molecule has 1 aromatic carbocycles. The predicted molar refractivity (Wildman–Crippen MR) is 78.7 cm³/mol. The predicted octanol–water partition coefficient (Wildman–Crippen LogP) is 3.81. The Morgan fingerprint density at radius 2 is 2.00 bits per heavy atom. The van der Waals surface area contributed by atoms with Crippen LogP contribution in [0.4, 0.5) is 0 Å². The van der Waals surface area contributed by atoms with Crippen molar-refractivity contribution in [3.05, 3.63) is 29.3 Å². The molecule has 1 atom stereocenters. The maximum Gasteiger partial charge on any atom is 0.119 e. The first-order chi connectivity index (χ1) is 9.16. The molecule has 1 heterocycles. The summed E-state index contributed by atoms with van der Waals surface area (Å²) in [4.78, 5) is 0. The molecule has 1 unspecified atom stereocenters. The number of hydrogen-bond donors (Lipinski definition) is 1. The summed E-state index contributed by atoms with van der Waals surface area (Å²) in [6, 6.07) is 7.19. The van der Waals surface area contributed by atoms with Gasteiger partial charge in [-0.15, -0.1) is 0 Å². The molecule has 2 nitrogen and oxygen atoms in total. The molecular formula is C17H25NO. The normalized spacial score (nSPS) is 24.7. The van der Waals surface area contributed by atoms with E-state index in [1.165, 1.54) is 31.2 Å². The summed E-state index contributed by atoms with van der Waals surface area (Å²) in [7, 11) is 1.77. The summed E-state index contributed by atoms with van der Waals surface area (Å²) < 4.78 is 5.46. The van der Waals surface area contributed by atoms with E-state index in [0.29, 0.717) is 17.4 Å². The Balaban J connectivity index is 2.09. The minimum Gasteiger partial charge on any atom is -0.497 e. The maximum atomic E-state index is 5.46. The molecule has 1 saturated carbocycles. The fourth-order valence-corrected chi connectivity index (χ4v) is 4.00. The number of methoxy groups -OCH3 is 1. The average Bonchev–Trinajstić information content (AvgIpc) is 2.88. The van der Waals surface area contributed by atoms with Gasteiger partial charge in [0.15, 0.2) is 0 Å². The minimum absolute atomic E-state index is 0.370. The topological polar surface area (TPSA) is 21.3 Å². The van der Waals surface area contributed by atoms with E-state index in [2.05, 4.69) is 37.4 Å². The van der Waals surface area contributed by atoms with Gasteiger partial charge in [-0.05, 0) is 42.0 Å². The van der Waals surface area contributed by atoms with E-state index in [4.69, 9.17) is 4.74 Å². The summed E-state index contributed by atoms with van der Waals surface area (Å²) in [5.41, 5.74) is 3.43. The molecule has 1 aliphatic heterocycles. The molecule has 104 valence electrons. The van der Waals surface area contributed by atoms with E-state index < -0.39 is 0 Å². The van der Waals surface area contributed by atoms with Gasteiger partial charge in [0.25, 0.3) is 0 Å². The van der Waals surface area contributed by atoms with Crippen molar-refractivity contribution in [1.29, 1.82) is 0 Å². The Morgan fingerprint density at radius 3 is 2.63 bits per heavy atom. The number of rotatable bonds is 2. The summed E-state index contributed by atoms with van der Waals surface area (Å²) in [6.07, 6.45) is 5.38. The molecular weight excluding hydrogens is 234 g/mol.